The third-order valence-electron chi connectivity index (χ3n) is 6.17. The summed E-state index contributed by atoms with van der Waals surface area (Å²) in [6.45, 7) is 2.84. The molecule has 0 bridgehead atoms. The van der Waals surface area contributed by atoms with Crippen molar-refractivity contribution in [2.45, 2.75) is 69.4 Å². The molecule has 3 rings (SSSR count). The van der Waals surface area contributed by atoms with Gasteiger partial charge < -0.3 is 9.47 Å². The average Bonchev–Trinajstić information content (AvgIpc) is 2.69. The summed E-state index contributed by atoms with van der Waals surface area (Å²) in [5.74, 6) is 0.335. The van der Waals surface area contributed by atoms with E-state index in [1.807, 2.05) is 0 Å². The Morgan fingerprint density at radius 1 is 1.14 bits per heavy atom. The van der Waals surface area contributed by atoms with Crippen molar-refractivity contribution in [1.82, 2.24) is 13.8 Å². The first-order valence-corrected chi connectivity index (χ1v) is 11.7. The van der Waals surface area contributed by atoms with Crippen molar-refractivity contribution in [3.05, 3.63) is 28.7 Å². The minimum Gasteiger partial charge on any atom is -0.341 e. The standard InChI is InChI=1S/C20H31N3O4S/c1-16-10-13-23(14-11-16)28(26,27)18-9-6-12-22(20(18)25)15-19(24)21(2)17-7-4-3-5-8-17/h6,9,12,16-17H,3-5,7-8,10-11,13-15H2,1-2H3. The van der Waals surface area contributed by atoms with Crippen molar-refractivity contribution in [1.29, 1.82) is 0 Å². The van der Waals surface area contributed by atoms with Crippen LogP contribution in [0.1, 0.15) is 51.9 Å². The van der Waals surface area contributed by atoms with Gasteiger partial charge in [0.2, 0.25) is 15.9 Å². The Labute approximate surface area is 167 Å². The molecule has 1 saturated carbocycles. The highest BCUT2D eigenvalue weighted by atomic mass is 32.2. The Bertz CT molecular complexity index is 850. The normalized spacial score (nSPS) is 20.2. The van der Waals surface area contributed by atoms with Crippen LogP contribution in [0.3, 0.4) is 0 Å². The lowest BCUT2D eigenvalue weighted by Gasteiger charge is -2.31. The third kappa shape index (κ3) is 4.49. The lowest BCUT2D eigenvalue weighted by Crippen LogP contribution is -2.43. The van der Waals surface area contributed by atoms with Crippen molar-refractivity contribution in [2.75, 3.05) is 20.1 Å². The first-order chi connectivity index (χ1) is 13.3. The molecule has 156 valence electrons. The lowest BCUT2D eigenvalue weighted by atomic mass is 9.94. The Hall–Kier alpha value is -1.67. The molecule has 0 atom stereocenters. The number of hydrogen-bond donors (Lipinski definition) is 0. The number of carbonyl (C=O) groups excluding carboxylic acids is 1. The molecule has 1 aromatic rings. The molecule has 0 radical (unpaired) electrons. The van der Waals surface area contributed by atoms with Crippen LogP contribution in [0.2, 0.25) is 0 Å². The quantitative estimate of drug-likeness (QED) is 0.746. The van der Waals surface area contributed by atoms with Crippen LogP contribution in [-0.2, 0) is 21.4 Å². The molecule has 0 spiro atoms. The summed E-state index contributed by atoms with van der Waals surface area (Å²) >= 11 is 0. The number of sulfonamides is 1. The number of likely N-dealkylation sites (N-methyl/N-ethyl adjacent to an activating group) is 1. The van der Waals surface area contributed by atoms with Crippen molar-refractivity contribution in [3.63, 3.8) is 0 Å². The molecule has 8 heteroatoms. The molecule has 1 aliphatic carbocycles. The van der Waals surface area contributed by atoms with Crippen LogP contribution in [0.4, 0.5) is 0 Å². The summed E-state index contributed by atoms with van der Waals surface area (Å²) in [5.41, 5.74) is -0.619. The number of carbonyl (C=O) groups is 1. The smallest absolute Gasteiger partial charge is 0.271 e. The molecule has 0 aromatic carbocycles. The van der Waals surface area contributed by atoms with E-state index < -0.39 is 15.6 Å². The largest absolute Gasteiger partial charge is 0.341 e. The summed E-state index contributed by atoms with van der Waals surface area (Å²) in [7, 11) is -2.06. The SMILES string of the molecule is CC1CCN(S(=O)(=O)c2cccn(CC(=O)N(C)C3CCCCC3)c2=O)CC1. The van der Waals surface area contributed by atoms with Crippen LogP contribution in [-0.4, -0.2) is 54.3 Å². The van der Waals surface area contributed by atoms with Gasteiger partial charge in [-0.05, 0) is 43.7 Å². The molecule has 0 unspecified atom stereocenters. The minimum atomic E-state index is -3.84. The van der Waals surface area contributed by atoms with Crippen LogP contribution in [0.25, 0.3) is 0 Å². The van der Waals surface area contributed by atoms with E-state index in [1.165, 1.54) is 33.6 Å². The number of rotatable bonds is 5. The maximum atomic E-state index is 13.0. The molecule has 28 heavy (non-hydrogen) atoms. The number of aromatic nitrogens is 1. The molecular formula is C20H31N3O4S. The molecule has 1 aliphatic heterocycles. The predicted molar refractivity (Wildman–Crippen MR) is 108 cm³/mol. The van der Waals surface area contributed by atoms with Gasteiger partial charge in [-0.3, -0.25) is 9.59 Å². The van der Waals surface area contributed by atoms with E-state index >= 15 is 0 Å². The zero-order chi connectivity index (χ0) is 20.3. The molecule has 0 N–H and O–H groups in total. The fourth-order valence-electron chi connectivity index (χ4n) is 4.13. The van der Waals surface area contributed by atoms with Gasteiger partial charge >= 0.3 is 0 Å². The van der Waals surface area contributed by atoms with Crippen molar-refractivity contribution < 1.29 is 13.2 Å². The summed E-state index contributed by atoms with van der Waals surface area (Å²) in [4.78, 5) is 27.0. The van der Waals surface area contributed by atoms with Crippen LogP contribution >= 0.6 is 0 Å². The molecule has 2 aliphatic rings. The maximum Gasteiger partial charge on any atom is 0.271 e. The number of pyridine rings is 1. The minimum absolute atomic E-state index is 0.133. The number of amides is 1. The van der Waals surface area contributed by atoms with Gasteiger partial charge in [-0.15, -0.1) is 0 Å². The van der Waals surface area contributed by atoms with Crippen LogP contribution in [0.15, 0.2) is 28.0 Å². The van der Waals surface area contributed by atoms with Crippen molar-refractivity contribution in [3.8, 4) is 0 Å². The topological polar surface area (TPSA) is 79.7 Å². The number of piperidine rings is 1. The zero-order valence-electron chi connectivity index (χ0n) is 16.8. The van der Waals surface area contributed by atoms with E-state index in [4.69, 9.17) is 0 Å². The van der Waals surface area contributed by atoms with Crippen LogP contribution in [0.5, 0.6) is 0 Å². The van der Waals surface area contributed by atoms with Gasteiger partial charge in [0.1, 0.15) is 11.4 Å². The summed E-state index contributed by atoms with van der Waals surface area (Å²) in [6.07, 6.45) is 8.49. The van der Waals surface area contributed by atoms with Crippen LogP contribution in [0, 0.1) is 5.92 Å². The van der Waals surface area contributed by atoms with E-state index in [-0.39, 0.29) is 23.4 Å². The highest BCUT2D eigenvalue weighted by Crippen LogP contribution is 2.23. The summed E-state index contributed by atoms with van der Waals surface area (Å²) in [6, 6.07) is 3.09. The molecule has 2 fully saturated rings. The van der Waals surface area contributed by atoms with Crippen molar-refractivity contribution >= 4 is 15.9 Å². The van der Waals surface area contributed by atoms with Gasteiger partial charge in [-0.1, -0.05) is 26.2 Å². The molecule has 7 nitrogen and oxygen atoms in total. The lowest BCUT2D eigenvalue weighted by molar-refractivity contribution is -0.133. The molecule has 2 heterocycles. The molecule has 1 saturated heterocycles. The average molecular weight is 410 g/mol. The fourth-order valence-corrected chi connectivity index (χ4v) is 5.69. The Morgan fingerprint density at radius 3 is 2.43 bits per heavy atom. The second-order valence-corrected chi connectivity index (χ2v) is 10.1. The van der Waals surface area contributed by atoms with Gasteiger partial charge in [0.15, 0.2) is 0 Å². The molecule has 1 aromatic heterocycles. The predicted octanol–water partition coefficient (Wildman–Crippen LogP) is 2.06. The van der Waals surface area contributed by atoms with Gasteiger partial charge in [0.25, 0.3) is 5.56 Å². The highest BCUT2D eigenvalue weighted by Gasteiger charge is 2.31. The van der Waals surface area contributed by atoms with Crippen LogP contribution < -0.4 is 5.56 Å². The van der Waals surface area contributed by atoms with E-state index in [0.717, 1.165) is 38.5 Å². The third-order valence-corrected chi connectivity index (χ3v) is 8.08. The van der Waals surface area contributed by atoms with E-state index in [0.29, 0.717) is 19.0 Å². The number of nitrogens with zero attached hydrogens (tertiary/aromatic N) is 3. The second-order valence-electron chi connectivity index (χ2n) is 8.19. The Morgan fingerprint density at radius 2 is 1.79 bits per heavy atom. The van der Waals surface area contributed by atoms with Gasteiger partial charge in [0.05, 0.1) is 0 Å². The van der Waals surface area contributed by atoms with E-state index in [9.17, 15) is 18.0 Å². The van der Waals surface area contributed by atoms with E-state index in [2.05, 4.69) is 6.92 Å². The molecule has 1 amide bonds. The monoisotopic (exact) mass is 409 g/mol. The fraction of sp³-hybridized carbons (Fsp3) is 0.700. The second kappa shape index (κ2) is 8.78. The first-order valence-electron chi connectivity index (χ1n) is 10.3. The number of hydrogen-bond acceptors (Lipinski definition) is 4. The first kappa shape index (κ1) is 21.0. The Balaban J connectivity index is 1.77. The van der Waals surface area contributed by atoms with Gasteiger partial charge in [-0.25, -0.2) is 8.42 Å². The summed E-state index contributed by atoms with van der Waals surface area (Å²) < 4.78 is 28.5. The highest BCUT2D eigenvalue weighted by molar-refractivity contribution is 7.89. The van der Waals surface area contributed by atoms with Gasteiger partial charge in [-0.2, -0.15) is 4.31 Å². The van der Waals surface area contributed by atoms with E-state index in [1.54, 1.807) is 11.9 Å². The Kier molecular flexibility index (Phi) is 6.60. The van der Waals surface area contributed by atoms with Gasteiger partial charge in [0, 0.05) is 32.4 Å². The molecular weight excluding hydrogens is 378 g/mol. The zero-order valence-corrected chi connectivity index (χ0v) is 17.7. The summed E-state index contributed by atoms with van der Waals surface area (Å²) in [5, 5.41) is 0. The van der Waals surface area contributed by atoms with Crippen molar-refractivity contribution in [2.24, 2.45) is 5.92 Å². The maximum absolute atomic E-state index is 13.0.